The number of ether oxygens (including phenoxy) is 2. The predicted molar refractivity (Wildman–Crippen MR) is 119 cm³/mol. The van der Waals surface area contributed by atoms with Crippen LogP contribution in [0.5, 0.6) is 5.75 Å². The van der Waals surface area contributed by atoms with Gasteiger partial charge in [0.2, 0.25) is 0 Å². The highest BCUT2D eigenvalue weighted by Gasteiger charge is 2.17. The van der Waals surface area contributed by atoms with E-state index in [9.17, 15) is 9.59 Å². The Morgan fingerprint density at radius 2 is 1.74 bits per heavy atom. The topological polar surface area (TPSA) is 81.9 Å². The van der Waals surface area contributed by atoms with Crippen LogP contribution in [0.2, 0.25) is 0 Å². The van der Waals surface area contributed by atoms with Crippen LogP contribution in [-0.2, 0) is 4.74 Å². The summed E-state index contributed by atoms with van der Waals surface area (Å²) in [7, 11) is 1.51. The molecule has 0 saturated carbocycles. The lowest BCUT2D eigenvalue weighted by molar-refractivity contribution is 0.0526. The Balaban J connectivity index is 1.86. The van der Waals surface area contributed by atoms with Gasteiger partial charge in [0.25, 0.3) is 5.91 Å². The highest BCUT2D eigenvalue weighted by Crippen LogP contribution is 2.23. The summed E-state index contributed by atoms with van der Waals surface area (Å²) in [5.41, 5.74) is 6.76. The van der Waals surface area contributed by atoms with E-state index in [0.29, 0.717) is 23.5 Å². The van der Waals surface area contributed by atoms with Gasteiger partial charge in [-0.3, -0.25) is 4.79 Å². The smallest absolute Gasteiger partial charge is 0.340 e. The molecule has 7 heteroatoms. The lowest BCUT2D eigenvalue weighted by Crippen LogP contribution is -2.18. The molecule has 160 valence electrons. The van der Waals surface area contributed by atoms with E-state index in [1.807, 2.05) is 36.6 Å². The molecule has 0 atom stereocenters. The number of benzene rings is 2. The number of rotatable bonds is 7. The fourth-order valence-electron chi connectivity index (χ4n) is 3.39. The first-order valence-corrected chi connectivity index (χ1v) is 9.89. The number of hydrogen-bond donors (Lipinski definition) is 1. The monoisotopic (exact) mass is 419 g/mol. The molecule has 3 aromatic rings. The van der Waals surface area contributed by atoms with Crippen molar-refractivity contribution in [1.82, 2.24) is 9.99 Å². The quantitative estimate of drug-likeness (QED) is 0.356. The van der Waals surface area contributed by atoms with E-state index in [1.165, 1.54) is 7.11 Å². The molecule has 0 aliphatic carbocycles. The van der Waals surface area contributed by atoms with Crippen LogP contribution in [0.4, 0.5) is 0 Å². The van der Waals surface area contributed by atoms with Gasteiger partial charge in [-0.05, 0) is 51.1 Å². The van der Waals surface area contributed by atoms with Gasteiger partial charge in [-0.2, -0.15) is 5.10 Å². The number of nitrogens with one attached hydrogen (secondary N) is 1. The van der Waals surface area contributed by atoms with E-state index >= 15 is 0 Å². The molecule has 31 heavy (non-hydrogen) atoms. The number of hydrazone groups is 1. The van der Waals surface area contributed by atoms with Gasteiger partial charge in [-0.15, -0.1) is 0 Å². The van der Waals surface area contributed by atoms with Gasteiger partial charge in [0.15, 0.2) is 0 Å². The normalized spacial score (nSPS) is 10.8. The van der Waals surface area contributed by atoms with Crippen LogP contribution < -0.4 is 10.2 Å². The van der Waals surface area contributed by atoms with Gasteiger partial charge in [0, 0.05) is 17.0 Å². The highest BCUT2D eigenvalue weighted by atomic mass is 16.5. The second-order valence-electron chi connectivity index (χ2n) is 6.80. The first kappa shape index (κ1) is 21.8. The largest absolute Gasteiger partial charge is 0.496 e. The van der Waals surface area contributed by atoms with E-state index in [2.05, 4.69) is 10.5 Å². The molecule has 0 saturated heterocycles. The van der Waals surface area contributed by atoms with Gasteiger partial charge < -0.3 is 14.0 Å². The molecular weight excluding hydrogens is 394 g/mol. The molecule has 1 N–H and O–H groups in total. The van der Waals surface area contributed by atoms with Crippen molar-refractivity contribution in [2.75, 3.05) is 13.7 Å². The van der Waals surface area contributed by atoms with Gasteiger partial charge in [-0.1, -0.05) is 24.3 Å². The molecule has 1 aromatic heterocycles. The number of hydrogen-bond acceptors (Lipinski definition) is 5. The fourth-order valence-corrected chi connectivity index (χ4v) is 3.39. The molecule has 0 unspecified atom stereocenters. The summed E-state index contributed by atoms with van der Waals surface area (Å²) in [6.07, 6.45) is 1.58. The second-order valence-corrected chi connectivity index (χ2v) is 6.80. The highest BCUT2D eigenvalue weighted by molar-refractivity contribution is 5.97. The van der Waals surface area contributed by atoms with Crippen molar-refractivity contribution in [3.63, 3.8) is 0 Å². The first-order valence-electron chi connectivity index (χ1n) is 9.89. The van der Waals surface area contributed by atoms with E-state index in [0.717, 1.165) is 22.6 Å². The third-order valence-corrected chi connectivity index (χ3v) is 4.83. The number of aryl methyl sites for hydroxylation is 1. The molecular formula is C24H25N3O4. The van der Waals surface area contributed by atoms with E-state index < -0.39 is 0 Å². The Morgan fingerprint density at radius 3 is 2.45 bits per heavy atom. The maximum absolute atomic E-state index is 12.4. The van der Waals surface area contributed by atoms with Crippen molar-refractivity contribution in [3.8, 4) is 11.4 Å². The van der Waals surface area contributed by atoms with Crippen molar-refractivity contribution < 1.29 is 19.1 Å². The molecule has 3 rings (SSSR count). The maximum Gasteiger partial charge on any atom is 0.340 e. The SMILES string of the molecule is CCOC(=O)c1ccccc1-n1c(C)cc(/C=N\NC(=O)c2ccccc2OC)c1C. The van der Waals surface area contributed by atoms with Crippen molar-refractivity contribution in [2.45, 2.75) is 20.8 Å². The Hall–Kier alpha value is -3.87. The average molecular weight is 419 g/mol. The van der Waals surface area contributed by atoms with Crippen LogP contribution in [0, 0.1) is 13.8 Å². The summed E-state index contributed by atoms with van der Waals surface area (Å²) >= 11 is 0. The van der Waals surface area contributed by atoms with E-state index in [-0.39, 0.29) is 11.9 Å². The number of nitrogens with zero attached hydrogens (tertiary/aromatic N) is 2. The fraction of sp³-hybridized carbons (Fsp3) is 0.208. The molecule has 7 nitrogen and oxygen atoms in total. The molecule has 0 bridgehead atoms. The number of esters is 1. The average Bonchev–Trinajstić information content (AvgIpc) is 3.06. The lowest BCUT2D eigenvalue weighted by atomic mass is 10.1. The number of aromatic nitrogens is 1. The molecule has 0 radical (unpaired) electrons. The molecule has 0 spiro atoms. The van der Waals surface area contributed by atoms with Gasteiger partial charge in [-0.25, -0.2) is 10.2 Å². The summed E-state index contributed by atoms with van der Waals surface area (Å²) < 4.78 is 12.4. The lowest BCUT2D eigenvalue weighted by Gasteiger charge is -2.14. The molecule has 0 aliphatic rings. The van der Waals surface area contributed by atoms with Gasteiger partial charge in [0.1, 0.15) is 5.75 Å². The van der Waals surface area contributed by atoms with Gasteiger partial charge in [0.05, 0.1) is 36.7 Å². The minimum Gasteiger partial charge on any atom is -0.496 e. The second kappa shape index (κ2) is 9.75. The Kier molecular flexibility index (Phi) is 6.87. The van der Waals surface area contributed by atoms with E-state index in [1.54, 1.807) is 49.5 Å². The Morgan fingerprint density at radius 1 is 1.06 bits per heavy atom. The zero-order valence-corrected chi connectivity index (χ0v) is 18.0. The van der Waals surface area contributed by atoms with E-state index in [4.69, 9.17) is 9.47 Å². The number of amides is 1. The number of carbonyl (C=O) groups excluding carboxylic acids is 2. The molecule has 1 amide bonds. The summed E-state index contributed by atoms with van der Waals surface area (Å²) in [6.45, 7) is 5.96. The first-order chi connectivity index (χ1) is 15.0. The maximum atomic E-state index is 12.4. The third kappa shape index (κ3) is 4.66. The predicted octanol–water partition coefficient (Wildman–Crippen LogP) is 4.04. The van der Waals surface area contributed by atoms with Crippen molar-refractivity contribution in [1.29, 1.82) is 0 Å². The van der Waals surface area contributed by atoms with Crippen LogP contribution in [0.1, 0.15) is 44.6 Å². The Labute approximate surface area is 181 Å². The van der Waals surface area contributed by atoms with Crippen LogP contribution in [0.3, 0.4) is 0 Å². The zero-order chi connectivity index (χ0) is 22.4. The molecule has 0 fully saturated rings. The van der Waals surface area contributed by atoms with Crippen LogP contribution >= 0.6 is 0 Å². The van der Waals surface area contributed by atoms with Crippen LogP contribution in [0.25, 0.3) is 5.69 Å². The minimum atomic E-state index is -0.370. The van der Waals surface area contributed by atoms with Crippen LogP contribution in [-0.4, -0.2) is 36.4 Å². The Bertz CT molecular complexity index is 1130. The van der Waals surface area contributed by atoms with Gasteiger partial charge >= 0.3 is 5.97 Å². The third-order valence-electron chi connectivity index (χ3n) is 4.83. The zero-order valence-electron chi connectivity index (χ0n) is 18.0. The summed E-state index contributed by atoms with van der Waals surface area (Å²) in [5.74, 6) is -0.260. The number of methoxy groups -OCH3 is 1. The summed E-state index contributed by atoms with van der Waals surface area (Å²) in [5, 5.41) is 4.10. The van der Waals surface area contributed by atoms with Crippen molar-refractivity contribution in [3.05, 3.63) is 82.7 Å². The standard InChI is InChI=1S/C24H25N3O4/c1-5-31-24(29)19-10-6-8-12-21(19)27-16(2)14-18(17(27)3)15-25-26-23(28)20-11-7-9-13-22(20)30-4/h6-15H,5H2,1-4H3,(H,26,28)/b25-15-. The van der Waals surface area contributed by atoms with Crippen molar-refractivity contribution in [2.24, 2.45) is 5.10 Å². The summed E-state index contributed by atoms with van der Waals surface area (Å²) in [6, 6.07) is 16.2. The number of carbonyl (C=O) groups is 2. The minimum absolute atomic E-state index is 0.306. The number of para-hydroxylation sites is 2. The van der Waals surface area contributed by atoms with Crippen molar-refractivity contribution >= 4 is 18.1 Å². The molecule has 1 heterocycles. The van der Waals surface area contributed by atoms with Crippen LogP contribution in [0.15, 0.2) is 59.7 Å². The summed E-state index contributed by atoms with van der Waals surface area (Å²) in [4.78, 5) is 24.8. The molecule has 0 aliphatic heterocycles. The molecule has 2 aromatic carbocycles.